The van der Waals surface area contributed by atoms with Crippen LogP contribution in [0, 0.1) is 5.92 Å². The van der Waals surface area contributed by atoms with Gasteiger partial charge in [0.15, 0.2) is 5.13 Å². The van der Waals surface area contributed by atoms with Crippen molar-refractivity contribution < 1.29 is 22.7 Å². The van der Waals surface area contributed by atoms with Crippen LogP contribution >= 0.6 is 11.3 Å². The molecular formula is C26H27N5O5S2. The first kappa shape index (κ1) is 27.2. The van der Waals surface area contributed by atoms with Crippen LogP contribution in [-0.4, -0.2) is 42.1 Å². The Balaban J connectivity index is 1.46. The largest absolute Gasteiger partial charge is 0.375 e. The summed E-state index contributed by atoms with van der Waals surface area (Å²) in [7, 11) is -3.52. The molecule has 2 amide bonds. The second-order valence-corrected chi connectivity index (χ2v) is 11.2. The predicted octanol–water partition coefficient (Wildman–Crippen LogP) is 3.29. The Kier molecular flexibility index (Phi) is 8.69. The lowest BCUT2D eigenvalue weighted by molar-refractivity contribution is -0.132. The van der Waals surface area contributed by atoms with Crippen molar-refractivity contribution in [3.63, 3.8) is 0 Å². The summed E-state index contributed by atoms with van der Waals surface area (Å²) in [6, 6.07) is 18.4. The number of nitrogens with zero attached hydrogens (tertiary/aromatic N) is 2. The van der Waals surface area contributed by atoms with Crippen LogP contribution in [0.25, 0.3) is 11.3 Å². The van der Waals surface area contributed by atoms with Crippen molar-refractivity contribution >= 4 is 44.0 Å². The molecule has 4 N–H and O–H groups in total. The minimum absolute atomic E-state index is 0.182. The molecule has 0 aliphatic carbocycles. The van der Waals surface area contributed by atoms with Gasteiger partial charge in [-0.3, -0.25) is 13.6 Å². The van der Waals surface area contributed by atoms with Gasteiger partial charge in [-0.05, 0) is 17.2 Å². The number of amides is 2. The number of aromatic nitrogens is 2. The van der Waals surface area contributed by atoms with E-state index in [2.05, 4.69) is 15.6 Å². The molecule has 0 saturated heterocycles. The van der Waals surface area contributed by atoms with Crippen molar-refractivity contribution in [3.05, 3.63) is 89.6 Å². The number of nitrogens with one attached hydrogen (secondary N) is 2. The zero-order valence-corrected chi connectivity index (χ0v) is 22.2. The number of carbonyl (C=O) groups is 2. The summed E-state index contributed by atoms with van der Waals surface area (Å²) in [5.74, 6) is -2.48. The molecule has 0 bridgehead atoms. The number of nitrogens with two attached hydrogens (primary N) is 1. The van der Waals surface area contributed by atoms with E-state index in [0.717, 1.165) is 26.9 Å². The lowest BCUT2D eigenvalue weighted by atomic mass is 10.1. The summed E-state index contributed by atoms with van der Waals surface area (Å²) >= 11 is 1.24. The van der Waals surface area contributed by atoms with Gasteiger partial charge >= 0.3 is 0 Å². The summed E-state index contributed by atoms with van der Waals surface area (Å²) in [6.07, 6.45) is 3.61. The first-order valence-corrected chi connectivity index (χ1v) is 14.3. The molecule has 12 heteroatoms. The highest BCUT2D eigenvalue weighted by Crippen LogP contribution is 2.25. The highest BCUT2D eigenvalue weighted by Gasteiger charge is 2.28. The van der Waals surface area contributed by atoms with Crippen LogP contribution in [0.4, 0.5) is 10.8 Å². The Morgan fingerprint density at radius 1 is 1.03 bits per heavy atom. The minimum atomic E-state index is -3.52. The lowest BCUT2D eigenvalue weighted by Gasteiger charge is -2.16. The summed E-state index contributed by atoms with van der Waals surface area (Å²) in [4.78, 5) is 30.7. The zero-order chi connectivity index (χ0) is 27.1. The molecule has 0 aliphatic heterocycles. The minimum Gasteiger partial charge on any atom is -0.375 e. The molecule has 0 radical (unpaired) electrons. The third-order valence-corrected chi connectivity index (χ3v) is 7.32. The van der Waals surface area contributed by atoms with E-state index in [1.807, 2.05) is 60.0 Å². The maximum atomic E-state index is 13.2. The normalized spacial score (nSPS) is 12.2. The molecule has 10 nitrogen and oxygen atoms in total. The summed E-state index contributed by atoms with van der Waals surface area (Å²) in [6.45, 7) is 0.398. The number of anilines is 2. The third kappa shape index (κ3) is 7.13. The molecule has 1 atom stereocenters. The highest BCUT2D eigenvalue weighted by molar-refractivity contribution is 7.89. The van der Waals surface area contributed by atoms with Crippen LogP contribution in [0.15, 0.2) is 78.4 Å². The average molecular weight is 554 g/mol. The Labute approximate surface area is 224 Å². The van der Waals surface area contributed by atoms with E-state index < -0.39 is 27.8 Å². The molecule has 0 saturated carbocycles. The second kappa shape index (κ2) is 12.1. The van der Waals surface area contributed by atoms with Gasteiger partial charge in [0, 0.05) is 29.9 Å². The van der Waals surface area contributed by atoms with E-state index in [1.54, 1.807) is 0 Å². The fraction of sp³-hybridized carbons (Fsp3) is 0.192. The van der Waals surface area contributed by atoms with E-state index in [-0.39, 0.29) is 18.9 Å². The molecular weight excluding hydrogens is 526 g/mol. The number of thiazole rings is 1. The molecule has 4 aromatic rings. The molecule has 2 heterocycles. The molecule has 0 spiro atoms. The van der Waals surface area contributed by atoms with Crippen molar-refractivity contribution in [2.45, 2.75) is 13.2 Å². The summed E-state index contributed by atoms with van der Waals surface area (Å²) in [5.41, 5.74) is 9.30. The van der Waals surface area contributed by atoms with E-state index in [4.69, 9.17) is 10.5 Å². The standard InChI is InChI=1S/C26H27N5O5S2/c1-38(34,35)31-12-11-21(14-31)28-24(32)22(16-36-15-19-9-7-18(13-27)8-10-19)25(33)30-26-29-23(17-37-26)20-5-3-2-4-6-20/h2-12,14,17,22H,13,15-16,27H2,1H3,(H,28,32)(H,29,30,33)/t22-/m0/s1. The van der Waals surface area contributed by atoms with Crippen molar-refractivity contribution in [2.75, 3.05) is 23.5 Å². The number of hydrogen-bond acceptors (Lipinski definition) is 8. The zero-order valence-electron chi connectivity index (χ0n) is 20.5. The van der Waals surface area contributed by atoms with Gasteiger partial charge in [0.1, 0.15) is 5.92 Å². The van der Waals surface area contributed by atoms with Gasteiger partial charge in [-0.2, -0.15) is 0 Å². The van der Waals surface area contributed by atoms with E-state index in [1.165, 1.54) is 29.8 Å². The first-order valence-electron chi connectivity index (χ1n) is 11.6. The van der Waals surface area contributed by atoms with Crippen LogP contribution < -0.4 is 16.4 Å². The van der Waals surface area contributed by atoms with E-state index in [0.29, 0.717) is 17.4 Å². The smallest absolute Gasteiger partial charge is 0.241 e. The SMILES string of the molecule is CS(=O)(=O)n1ccc(NC(=O)[C@H](COCc2ccc(CN)cc2)C(=O)Nc2nc(-c3ccccc3)cs2)c1. The third-order valence-electron chi connectivity index (χ3n) is 5.57. The number of ether oxygens (including phenoxy) is 1. The molecule has 2 aromatic heterocycles. The maximum Gasteiger partial charge on any atom is 0.241 e. The van der Waals surface area contributed by atoms with E-state index in [9.17, 15) is 18.0 Å². The number of hydrogen-bond donors (Lipinski definition) is 3. The van der Waals surface area contributed by atoms with Crippen LogP contribution in [0.1, 0.15) is 11.1 Å². The molecule has 0 fully saturated rings. The number of benzene rings is 2. The van der Waals surface area contributed by atoms with Crippen LogP contribution in [-0.2, 0) is 37.5 Å². The fourth-order valence-corrected chi connectivity index (χ4v) is 4.80. The Morgan fingerprint density at radius 2 is 1.71 bits per heavy atom. The average Bonchev–Trinajstić information content (AvgIpc) is 3.57. The second-order valence-electron chi connectivity index (χ2n) is 8.46. The molecule has 0 unspecified atom stereocenters. The quantitative estimate of drug-likeness (QED) is 0.242. The topological polar surface area (TPSA) is 145 Å². The van der Waals surface area contributed by atoms with Gasteiger partial charge < -0.3 is 21.1 Å². The predicted molar refractivity (Wildman–Crippen MR) is 147 cm³/mol. The van der Waals surface area contributed by atoms with Gasteiger partial charge in [-0.15, -0.1) is 11.3 Å². The van der Waals surface area contributed by atoms with E-state index >= 15 is 0 Å². The Bertz CT molecular complexity index is 1500. The van der Waals surface area contributed by atoms with Crippen LogP contribution in [0.2, 0.25) is 0 Å². The first-order chi connectivity index (χ1) is 18.2. The molecule has 38 heavy (non-hydrogen) atoms. The fourth-order valence-electron chi connectivity index (χ4n) is 3.49. The van der Waals surface area contributed by atoms with Gasteiger partial charge in [0.25, 0.3) is 0 Å². The van der Waals surface area contributed by atoms with Gasteiger partial charge in [-0.25, -0.2) is 13.4 Å². The number of carbonyl (C=O) groups excluding carboxylic acids is 2. The molecule has 198 valence electrons. The lowest BCUT2D eigenvalue weighted by Crippen LogP contribution is -2.37. The van der Waals surface area contributed by atoms with Crippen molar-refractivity contribution in [2.24, 2.45) is 11.7 Å². The number of rotatable bonds is 11. The van der Waals surface area contributed by atoms with Crippen molar-refractivity contribution in [1.82, 2.24) is 8.96 Å². The maximum absolute atomic E-state index is 13.2. The van der Waals surface area contributed by atoms with Crippen LogP contribution in [0.3, 0.4) is 0 Å². The summed E-state index contributed by atoms with van der Waals surface area (Å²) in [5, 5.41) is 7.46. The summed E-state index contributed by atoms with van der Waals surface area (Å²) < 4.78 is 30.2. The van der Waals surface area contributed by atoms with Gasteiger partial charge in [0.05, 0.1) is 30.9 Å². The molecule has 4 rings (SSSR count). The Morgan fingerprint density at radius 3 is 2.37 bits per heavy atom. The molecule has 0 aliphatic rings. The highest BCUT2D eigenvalue weighted by atomic mass is 32.2. The molecule has 2 aromatic carbocycles. The Hall–Kier alpha value is -3.84. The van der Waals surface area contributed by atoms with Crippen molar-refractivity contribution in [1.29, 1.82) is 0 Å². The van der Waals surface area contributed by atoms with Gasteiger partial charge in [0.2, 0.25) is 21.8 Å². The van der Waals surface area contributed by atoms with Crippen LogP contribution in [0.5, 0.6) is 0 Å². The van der Waals surface area contributed by atoms with Gasteiger partial charge in [-0.1, -0.05) is 54.6 Å². The van der Waals surface area contributed by atoms with Crippen molar-refractivity contribution in [3.8, 4) is 11.3 Å². The monoisotopic (exact) mass is 553 g/mol.